The Bertz CT molecular complexity index is 347. The molecule has 0 aliphatic rings. The number of Topliss-reactive ketones (excluding diaryl/α,β-unsaturated/α-hetero) is 2. The van der Waals surface area contributed by atoms with Crippen molar-refractivity contribution in [2.75, 3.05) is 0 Å². The zero-order chi connectivity index (χ0) is 17.0. The maximum absolute atomic E-state index is 12.1. The van der Waals surface area contributed by atoms with Gasteiger partial charge in [-0.05, 0) is 18.1 Å². The zero-order valence-electron chi connectivity index (χ0n) is 15.4. The van der Waals surface area contributed by atoms with Crippen LogP contribution in [0.2, 0.25) is 18.1 Å². The van der Waals surface area contributed by atoms with Crippen LogP contribution in [0.3, 0.4) is 0 Å². The molecule has 0 aliphatic heterocycles. The highest BCUT2D eigenvalue weighted by molar-refractivity contribution is 6.74. The Morgan fingerprint density at radius 2 is 1.29 bits per heavy atom. The number of hydrogen-bond acceptors (Lipinski definition) is 3. The molecule has 0 radical (unpaired) electrons. The van der Waals surface area contributed by atoms with Crippen LogP contribution in [0.4, 0.5) is 0 Å². The summed E-state index contributed by atoms with van der Waals surface area (Å²) >= 11 is 0. The number of carbonyl (C=O) groups is 2. The maximum Gasteiger partial charge on any atom is 0.192 e. The summed E-state index contributed by atoms with van der Waals surface area (Å²) in [7, 11) is -2.02. The first kappa shape index (κ1) is 20.5. The quantitative estimate of drug-likeness (QED) is 0.615. The maximum atomic E-state index is 12.1. The molecule has 0 unspecified atom stereocenters. The van der Waals surface area contributed by atoms with Gasteiger partial charge >= 0.3 is 0 Å². The second-order valence-electron chi connectivity index (χ2n) is 7.56. The molecule has 0 N–H and O–H groups in total. The van der Waals surface area contributed by atoms with Crippen molar-refractivity contribution in [3.8, 4) is 0 Å². The van der Waals surface area contributed by atoms with Crippen LogP contribution in [0.15, 0.2) is 0 Å². The molecule has 0 amide bonds. The molecule has 0 aromatic heterocycles. The Hall–Kier alpha value is -0.483. The summed E-state index contributed by atoms with van der Waals surface area (Å²) in [6.07, 6.45) is 0.683. The second kappa shape index (κ2) is 7.68. The van der Waals surface area contributed by atoms with Gasteiger partial charge in [0.1, 0.15) is 11.6 Å². The van der Waals surface area contributed by atoms with Crippen molar-refractivity contribution in [3.05, 3.63) is 0 Å². The number of carbonyl (C=O) groups excluding carboxylic acids is 2. The molecule has 4 heteroatoms. The highest BCUT2D eigenvalue weighted by Crippen LogP contribution is 2.39. The minimum absolute atomic E-state index is 0.0647. The molecule has 0 saturated carbocycles. The summed E-state index contributed by atoms with van der Waals surface area (Å²) in [5.41, 5.74) is 0. The summed E-state index contributed by atoms with van der Waals surface area (Å²) in [5, 5.41) is 0.0647. The first-order chi connectivity index (χ1) is 9.39. The minimum atomic E-state index is -2.02. The van der Waals surface area contributed by atoms with Crippen LogP contribution < -0.4 is 0 Å². The summed E-state index contributed by atoms with van der Waals surface area (Å²) in [5.74, 6) is -0.104. The Morgan fingerprint density at radius 3 is 1.52 bits per heavy atom. The van der Waals surface area contributed by atoms with Gasteiger partial charge in [-0.1, -0.05) is 48.5 Å². The first-order valence-corrected chi connectivity index (χ1v) is 11.0. The summed E-state index contributed by atoms with van der Waals surface area (Å²) in [6, 6.07) is 0. The lowest BCUT2D eigenvalue weighted by Crippen LogP contribution is -2.49. The molecule has 0 aromatic carbocycles. The van der Waals surface area contributed by atoms with Crippen molar-refractivity contribution in [2.45, 2.75) is 85.5 Å². The van der Waals surface area contributed by atoms with Gasteiger partial charge in [-0.3, -0.25) is 9.59 Å². The molecule has 0 aliphatic carbocycles. The van der Waals surface area contributed by atoms with Crippen molar-refractivity contribution in [2.24, 2.45) is 11.8 Å². The predicted octanol–water partition coefficient (Wildman–Crippen LogP) is 4.61. The third-order valence-electron chi connectivity index (χ3n) is 4.94. The number of rotatable bonds is 8. The van der Waals surface area contributed by atoms with Gasteiger partial charge in [-0.2, -0.15) is 0 Å². The van der Waals surface area contributed by atoms with E-state index in [4.69, 9.17) is 4.43 Å². The van der Waals surface area contributed by atoms with Crippen molar-refractivity contribution in [1.82, 2.24) is 0 Å². The summed E-state index contributed by atoms with van der Waals surface area (Å²) in [4.78, 5) is 24.3. The van der Waals surface area contributed by atoms with E-state index in [-0.39, 0.29) is 34.5 Å². The fourth-order valence-corrected chi connectivity index (χ4v) is 3.61. The summed E-state index contributed by atoms with van der Waals surface area (Å²) in [6.45, 7) is 18.4. The number of ketones is 2. The standard InChI is InChI=1S/C17H34O3Si/c1-10-14(18)12(3)16(13(4)15(19)11-2)20-21(8,9)17(5,6)7/h12-13,16H,10-11H2,1-9H3/t12-,13-/m1/s1. The van der Waals surface area contributed by atoms with Gasteiger partial charge < -0.3 is 4.43 Å². The van der Waals surface area contributed by atoms with E-state index >= 15 is 0 Å². The van der Waals surface area contributed by atoms with E-state index in [2.05, 4.69) is 33.9 Å². The van der Waals surface area contributed by atoms with E-state index < -0.39 is 8.32 Å². The lowest BCUT2D eigenvalue weighted by atomic mass is 9.86. The van der Waals surface area contributed by atoms with E-state index in [9.17, 15) is 9.59 Å². The normalized spacial score (nSPS) is 15.9. The third kappa shape index (κ3) is 5.33. The van der Waals surface area contributed by atoms with E-state index in [1.807, 2.05) is 27.7 Å². The average Bonchev–Trinajstić information content (AvgIpc) is 2.40. The highest BCUT2D eigenvalue weighted by Gasteiger charge is 2.43. The molecule has 0 saturated heterocycles. The SMILES string of the molecule is CCC(=O)[C@@H](C)C(O[Si](C)(C)C(C)(C)C)[C@H](C)C(=O)CC. The molecule has 2 atom stereocenters. The van der Waals surface area contributed by atoms with Crippen LogP contribution in [-0.4, -0.2) is 26.0 Å². The van der Waals surface area contributed by atoms with Gasteiger partial charge in [-0.25, -0.2) is 0 Å². The van der Waals surface area contributed by atoms with Crippen LogP contribution in [0, 0.1) is 11.8 Å². The molecule has 3 nitrogen and oxygen atoms in total. The van der Waals surface area contributed by atoms with Gasteiger partial charge in [0.15, 0.2) is 8.32 Å². The average molecular weight is 315 g/mol. The Morgan fingerprint density at radius 1 is 0.952 bits per heavy atom. The molecule has 124 valence electrons. The fourth-order valence-electron chi connectivity index (χ4n) is 2.16. The van der Waals surface area contributed by atoms with Gasteiger partial charge in [-0.15, -0.1) is 0 Å². The van der Waals surface area contributed by atoms with Gasteiger partial charge in [0.2, 0.25) is 0 Å². The largest absolute Gasteiger partial charge is 0.412 e. The van der Waals surface area contributed by atoms with Crippen LogP contribution in [0.25, 0.3) is 0 Å². The Labute approximate surface area is 132 Å². The smallest absolute Gasteiger partial charge is 0.192 e. The highest BCUT2D eigenvalue weighted by atomic mass is 28.4. The van der Waals surface area contributed by atoms with Crippen LogP contribution in [0.1, 0.15) is 61.3 Å². The summed E-state index contributed by atoms with van der Waals surface area (Å²) < 4.78 is 6.47. The molecule has 0 heterocycles. The van der Waals surface area contributed by atoms with Crippen LogP contribution >= 0.6 is 0 Å². The number of hydrogen-bond donors (Lipinski definition) is 0. The van der Waals surface area contributed by atoms with E-state index in [1.165, 1.54) is 0 Å². The topological polar surface area (TPSA) is 43.4 Å². The Balaban J connectivity index is 5.43. The monoisotopic (exact) mass is 314 g/mol. The van der Waals surface area contributed by atoms with Crippen molar-refractivity contribution in [1.29, 1.82) is 0 Å². The van der Waals surface area contributed by atoms with E-state index in [0.717, 1.165) is 0 Å². The van der Waals surface area contributed by atoms with Crippen LogP contribution in [-0.2, 0) is 14.0 Å². The fraction of sp³-hybridized carbons (Fsp3) is 0.882. The van der Waals surface area contributed by atoms with Gasteiger partial charge in [0, 0.05) is 24.7 Å². The predicted molar refractivity (Wildman–Crippen MR) is 91.0 cm³/mol. The van der Waals surface area contributed by atoms with Crippen molar-refractivity contribution < 1.29 is 14.0 Å². The minimum Gasteiger partial charge on any atom is -0.412 e. The zero-order valence-corrected chi connectivity index (χ0v) is 16.4. The second-order valence-corrected chi connectivity index (χ2v) is 12.3. The van der Waals surface area contributed by atoms with E-state index in [1.54, 1.807) is 0 Å². The molecular weight excluding hydrogens is 280 g/mol. The lowest BCUT2D eigenvalue weighted by Gasteiger charge is -2.42. The lowest BCUT2D eigenvalue weighted by molar-refractivity contribution is -0.131. The van der Waals surface area contributed by atoms with Crippen molar-refractivity contribution in [3.63, 3.8) is 0 Å². The molecule has 0 fully saturated rings. The first-order valence-electron chi connectivity index (χ1n) is 8.12. The molecular formula is C17H34O3Si. The van der Waals surface area contributed by atoms with Crippen LogP contribution in [0.5, 0.6) is 0 Å². The van der Waals surface area contributed by atoms with Gasteiger partial charge in [0.25, 0.3) is 0 Å². The Kier molecular flexibility index (Phi) is 7.50. The molecule has 21 heavy (non-hydrogen) atoms. The van der Waals surface area contributed by atoms with Gasteiger partial charge in [0.05, 0.1) is 6.10 Å². The third-order valence-corrected chi connectivity index (χ3v) is 9.41. The van der Waals surface area contributed by atoms with E-state index in [0.29, 0.717) is 12.8 Å². The molecule has 0 aromatic rings. The molecule has 0 bridgehead atoms. The van der Waals surface area contributed by atoms with Crippen molar-refractivity contribution >= 4 is 19.9 Å². The molecule has 0 spiro atoms. The molecule has 0 rings (SSSR count).